The van der Waals surface area contributed by atoms with Crippen LogP contribution in [0.1, 0.15) is 20.8 Å². The second kappa shape index (κ2) is 6.67. The summed E-state index contributed by atoms with van der Waals surface area (Å²) in [6.07, 6.45) is -0.0236. The van der Waals surface area contributed by atoms with Crippen molar-refractivity contribution in [1.82, 2.24) is 5.32 Å². The van der Waals surface area contributed by atoms with Crippen LogP contribution in [0.4, 0.5) is 11.4 Å². The van der Waals surface area contributed by atoms with Gasteiger partial charge in [0.2, 0.25) is 5.91 Å². The number of nitrogens with one attached hydrogen (secondary N) is 2. The number of phenols is 1. The van der Waals surface area contributed by atoms with Crippen LogP contribution in [-0.2, 0) is 9.53 Å². The summed E-state index contributed by atoms with van der Waals surface area (Å²) in [7, 11) is 0. The third kappa shape index (κ3) is 4.26. The molecule has 1 atom stereocenters. The molecule has 3 N–H and O–H groups in total. The predicted molar refractivity (Wildman–Crippen MR) is 82.6 cm³/mol. The van der Waals surface area contributed by atoms with Gasteiger partial charge >= 0.3 is 0 Å². The van der Waals surface area contributed by atoms with Crippen molar-refractivity contribution in [3.05, 3.63) is 18.2 Å². The van der Waals surface area contributed by atoms with Gasteiger partial charge in [0.25, 0.3) is 0 Å². The van der Waals surface area contributed by atoms with E-state index in [-0.39, 0.29) is 23.8 Å². The molecule has 0 unspecified atom stereocenters. The highest BCUT2D eigenvalue weighted by atomic mass is 16.5. The van der Waals surface area contributed by atoms with Crippen LogP contribution in [0.25, 0.3) is 0 Å². The first-order chi connectivity index (χ1) is 9.95. The molecule has 1 aromatic rings. The molecule has 21 heavy (non-hydrogen) atoms. The number of amides is 1. The molecule has 1 aromatic carbocycles. The van der Waals surface area contributed by atoms with Crippen LogP contribution in [0.15, 0.2) is 18.2 Å². The van der Waals surface area contributed by atoms with Gasteiger partial charge in [0.05, 0.1) is 11.8 Å². The molecule has 116 valence electrons. The second-order valence-corrected chi connectivity index (χ2v) is 5.58. The van der Waals surface area contributed by atoms with Crippen LogP contribution >= 0.6 is 0 Å². The van der Waals surface area contributed by atoms with E-state index in [2.05, 4.69) is 10.6 Å². The standard InChI is InChI=1S/C15H23N3O3/c1-10(2)17-14-5-4-12(6-15(14)20)18-8-13(21-9-18)7-16-11(3)19/h4-6,10,13,17,20H,7-9H2,1-3H3,(H,16,19)/t13-/m0/s1. The summed E-state index contributed by atoms with van der Waals surface area (Å²) < 4.78 is 5.62. The van der Waals surface area contributed by atoms with Crippen molar-refractivity contribution in [3.63, 3.8) is 0 Å². The molecular weight excluding hydrogens is 270 g/mol. The molecule has 1 saturated heterocycles. The number of nitrogens with zero attached hydrogens (tertiary/aromatic N) is 1. The lowest BCUT2D eigenvalue weighted by Crippen LogP contribution is -2.33. The quantitative estimate of drug-likeness (QED) is 0.718. The molecular formula is C15H23N3O3. The van der Waals surface area contributed by atoms with Crippen molar-refractivity contribution in [2.24, 2.45) is 0 Å². The summed E-state index contributed by atoms with van der Waals surface area (Å²) in [6.45, 7) is 7.19. The van der Waals surface area contributed by atoms with E-state index >= 15 is 0 Å². The fraction of sp³-hybridized carbons (Fsp3) is 0.533. The third-order valence-electron chi connectivity index (χ3n) is 3.26. The number of hydrogen-bond donors (Lipinski definition) is 3. The normalized spacial score (nSPS) is 18.1. The number of anilines is 2. The molecule has 1 heterocycles. The summed E-state index contributed by atoms with van der Waals surface area (Å²) in [5.74, 6) is 0.172. The Balaban J connectivity index is 1.97. The lowest BCUT2D eigenvalue weighted by atomic mass is 10.2. The van der Waals surface area contributed by atoms with Gasteiger partial charge in [0, 0.05) is 37.8 Å². The van der Waals surface area contributed by atoms with Crippen molar-refractivity contribution >= 4 is 17.3 Å². The van der Waals surface area contributed by atoms with Crippen molar-refractivity contribution in [3.8, 4) is 5.75 Å². The van der Waals surface area contributed by atoms with E-state index in [0.717, 1.165) is 11.4 Å². The molecule has 0 spiro atoms. The van der Waals surface area contributed by atoms with E-state index in [1.807, 2.05) is 30.9 Å². The smallest absolute Gasteiger partial charge is 0.216 e. The molecule has 6 nitrogen and oxygen atoms in total. The van der Waals surface area contributed by atoms with Crippen LogP contribution in [0.3, 0.4) is 0 Å². The Hall–Kier alpha value is -1.95. The predicted octanol–water partition coefficient (Wildman–Crippen LogP) is 1.51. The van der Waals surface area contributed by atoms with Crippen molar-refractivity contribution < 1.29 is 14.6 Å². The van der Waals surface area contributed by atoms with E-state index in [9.17, 15) is 9.90 Å². The number of hydrogen-bond acceptors (Lipinski definition) is 5. The van der Waals surface area contributed by atoms with E-state index in [1.165, 1.54) is 6.92 Å². The maximum absolute atomic E-state index is 10.9. The first-order valence-electron chi connectivity index (χ1n) is 7.16. The SMILES string of the molecule is CC(=O)NC[C@H]1CN(c2ccc(NC(C)C)c(O)c2)CO1. The second-order valence-electron chi connectivity index (χ2n) is 5.58. The molecule has 0 aliphatic carbocycles. The van der Waals surface area contributed by atoms with Gasteiger partial charge < -0.3 is 25.4 Å². The van der Waals surface area contributed by atoms with Crippen LogP contribution in [0.5, 0.6) is 5.75 Å². The first-order valence-corrected chi connectivity index (χ1v) is 7.16. The maximum atomic E-state index is 10.9. The number of benzene rings is 1. The van der Waals surface area contributed by atoms with Gasteiger partial charge in [0.1, 0.15) is 12.5 Å². The largest absolute Gasteiger partial charge is 0.506 e. The Bertz CT molecular complexity index is 505. The summed E-state index contributed by atoms with van der Waals surface area (Å²) in [5, 5.41) is 16.0. The Morgan fingerprint density at radius 2 is 2.29 bits per heavy atom. The minimum absolute atomic E-state index is 0.0236. The molecule has 0 radical (unpaired) electrons. The van der Waals surface area contributed by atoms with Gasteiger partial charge in [-0.2, -0.15) is 0 Å². The van der Waals surface area contributed by atoms with Crippen LogP contribution in [-0.4, -0.2) is 43.0 Å². The van der Waals surface area contributed by atoms with Gasteiger partial charge in [-0.1, -0.05) is 0 Å². The Labute approximate surface area is 125 Å². The Kier molecular flexibility index (Phi) is 4.90. The minimum atomic E-state index is -0.0567. The highest BCUT2D eigenvalue weighted by Crippen LogP contribution is 2.30. The molecule has 1 fully saturated rings. The monoisotopic (exact) mass is 293 g/mol. The zero-order valence-electron chi connectivity index (χ0n) is 12.7. The lowest BCUT2D eigenvalue weighted by molar-refractivity contribution is -0.119. The minimum Gasteiger partial charge on any atom is -0.506 e. The average molecular weight is 293 g/mol. The number of phenolic OH excluding ortho intramolecular Hbond substituents is 1. The molecule has 1 amide bonds. The fourth-order valence-electron chi connectivity index (χ4n) is 2.26. The molecule has 0 bridgehead atoms. The van der Waals surface area contributed by atoms with Gasteiger partial charge in [0.15, 0.2) is 0 Å². The number of carbonyl (C=O) groups is 1. The van der Waals surface area contributed by atoms with E-state index in [1.54, 1.807) is 6.07 Å². The topological polar surface area (TPSA) is 73.8 Å². The average Bonchev–Trinajstić information content (AvgIpc) is 2.87. The summed E-state index contributed by atoms with van der Waals surface area (Å²) in [4.78, 5) is 12.9. The van der Waals surface area contributed by atoms with Crippen molar-refractivity contribution in [2.45, 2.75) is 32.9 Å². The maximum Gasteiger partial charge on any atom is 0.216 e. The van der Waals surface area contributed by atoms with E-state index in [0.29, 0.717) is 19.8 Å². The van der Waals surface area contributed by atoms with Gasteiger partial charge in [-0.25, -0.2) is 0 Å². The molecule has 0 aromatic heterocycles. The highest BCUT2D eigenvalue weighted by molar-refractivity contribution is 5.72. The summed E-state index contributed by atoms with van der Waals surface area (Å²) in [6, 6.07) is 5.81. The highest BCUT2D eigenvalue weighted by Gasteiger charge is 2.24. The Morgan fingerprint density at radius 3 is 2.90 bits per heavy atom. The number of rotatable bonds is 5. The molecule has 1 aliphatic heterocycles. The summed E-state index contributed by atoms with van der Waals surface area (Å²) >= 11 is 0. The fourth-order valence-corrected chi connectivity index (χ4v) is 2.26. The van der Waals surface area contributed by atoms with E-state index < -0.39 is 0 Å². The third-order valence-corrected chi connectivity index (χ3v) is 3.26. The number of carbonyl (C=O) groups excluding carboxylic acids is 1. The Morgan fingerprint density at radius 1 is 1.52 bits per heavy atom. The van der Waals surface area contributed by atoms with Gasteiger partial charge in [-0.05, 0) is 26.0 Å². The van der Waals surface area contributed by atoms with Crippen LogP contribution in [0.2, 0.25) is 0 Å². The molecule has 2 rings (SSSR count). The number of ether oxygens (including phenoxy) is 1. The zero-order chi connectivity index (χ0) is 15.4. The van der Waals surface area contributed by atoms with Gasteiger partial charge in [-0.3, -0.25) is 4.79 Å². The first kappa shape index (κ1) is 15.4. The van der Waals surface area contributed by atoms with Crippen LogP contribution in [0, 0.1) is 0 Å². The lowest BCUT2D eigenvalue weighted by Gasteiger charge is -2.18. The van der Waals surface area contributed by atoms with Gasteiger partial charge in [-0.15, -0.1) is 0 Å². The molecule has 6 heteroatoms. The van der Waals surface area contributed by atoms with E-state index in [4.69, 9.17) is 4.74 Å². The molecule has 0 saturated carbocycles. The number of aromatic hydroxyl groups is 1. The molecule has 1 aliphatic rings. The van der Waals surface area contributed by atoms with Crippen molar-refractivity contribution in [1.29, 1.82) is 0 Å². The van der Waals surface area contributed by atoms with Crippen molar-refractivity contribution in [2.75, 3.05) is 30.0 Å². The zero-order valence-corrected chi connectivity index (χ0v) is 12.7. The van der Waals surface area contributed by atoms with Crippen LogP contribution < -0.4 is 15.5 Å². The summed E-state index contributed by atoms with van der Waals surface area (Å²) in [5.41, 5.74) is 1.63.